The monoisotopic (exact) mass is 283 g/mol. The standard InChI is InChI=1S/C17H17NO3/c1-17(2,20)10-9-13-5-7-14(8-6-13)16(19)18-12-15-4-3-11-21-15/h3-8,11,20H,12H2,1-2H3,(H,18,19). The summed E-state index contributed by atoms with van der Waals surface area (Å²) in [6.07, 6.45) is 1.57. The highest BCUT2D eigenvalue weighted by atomic mass is 16.3. The maximum Gasteiger partial charge on any atom is 0.251 e. The molecule has 2 N–H and O–H groups in total. The van der Waals surface area contributed by atoms with Crippen molar-refractivity contribution in [3.8, 4) is 11.8 Å². The molecule has 2 aromatic rings. The molecular formula is C17H17NO3. The number of carbonyl (C=O) groups is 1. The van der Waals surface area contributed by atoms with Gasteiger partial charge in [0.05, 0.1) is 12.8 Å². The van der Waals surface area contributed by atoms with Crippen LogP contribution in [0.2, 0.25) is 0 Å². The lowest BCUT2D eigenvalue weighted by Crippen LogP contribution is -2.22. The van der Waals surface area contributed by atoms with E-state index in [2.05, 4.69) is 17.2 Å². The van der Waals surface area contributed by atoms with Gasteiger partial charge in [-0.2, -0.15) is 0 Å². The van der Waals surface area contributed by atoms with Crippen molar-refractivity contribution in [2.75, 3.05) is 0 Å². The first kappa shape index (κ1) is 14.9. The Balaban J connectivity index is 1.97. The van der Waals surface area contributed by atoms with Gasteiger partial charge in [-0.25, -0.2) is 0 Å². The SMILES string of the molecule is CC(C)(O)C#Cc1ccc(C(=O)NCc2ccco2)cc1. The molecule has 1 aromatic heterocycles. The predicted molar refractivity (Wildman–Crippen MR) is 79.5 cm³/mol. The zero-order chi connectivity index (χ0) is 15.3. The third-order valence-corrected chi connectivity index (χ3v) is 2.66. The molecule has 4 heteroatoms. The summed E-state index contributed by atoms with van der Waals surface area (Å²) < 4.78 is 5.15. The van der Waals surface area contributed by atoms with E-state index in [-0.39, 0.29) is 5.91 Å². The number of furan rings is 1. The highest BCUT2D eigenvalue weighted by molar-refractivity contribution is 5.94. The first-order valence-electron chi connectivity index (χ1n) is 6.60. The maximum absolute atomic E-state index is 11.9. The van der Waals surface area contributed by atoms with Crippen molar-refractivity contribution in [2.24, 2.45) is 0 Å². The molecule has 108 valence electrons. The van der Waals surface area contributed by atoms with Gasteiger partial charge in [-0.15, -0.1) is 0 Å². The van der Waals surface area contributed by atoms with Crippen molar-refractivity contribution in [1.82, 2.24) is 5.32 Å². The quantitative estimate of drug-likeness (QED) is 0.850. The van der Waals surface area contributed by atoms with Gasteiger partial charge in [0, 0.05) is 11.1 Å². The second-order valence-corrected chi connectivity index (χ2v) is 5.15. The van der Waals surface area contributed by atoms with Crippen LogP contribution in [0.25, 0.3) is 0 Å². The Labute approximate surface area is 123 Å². The predicted octanol–water partition coefficient (Wildman–Crippen LogP) is 2.33. The van der Waals surface area contributed by atoms with Crippen molar-refractivity contribution >= 4 is 5.91 Å². The number of hydrogen-bond acceptors (Lipinski definition) is 3. The molecule has 0 bridgehead atoms. The van der Waals surface area contributed by atoms with E-state index in [1.165, 1.54) is 0 Å². The van der Waals surface area contributed by atoms with Crippen molar-refractivity contribution in [2.45, 2.75) is 26.0 Å². The Bertz CT molecular complexity index is 653. The lowest BCUT2D eigenvalue weighted by Gasteiger charge is -2.06. The fraction of sp³-hybridized carbons (Fsp3) is 0.235. The lowest BCUT2D eigenvalue weighted by atomic mass is 10.1. The molecule has 0 aliphatic carbocycles. The van der Waals surface area contributed by atoms with Crippen molar-refractivity contribution < 1.29 is 14.3 Å². The van der Waals surface area contributed by atoms with Crippen LogP contribution in [0, 0.1) is 11.8 Å². The maximum atomic E-state index is 11.9. The number of amides is 1. The molecular weight excluding hydrogens is 266 g/mol. The van der Waals surface area contributed by atoms with E-state index in [1.807, 2.05) is 0 Å². The van der Waals surface area contributed by atoms with Crippen LogP contribution >= 0.6 is 0 Å². The molecule has 0 unspecified atom stereocenters. The summed E-state index contributed by atoms with van der Waals surface area (Å²) in [4.78, 5) is 11.9. The van der Waals surface area contributed by atoms with Gasteiger partial charge in [0.1, 0.15) is 11.4 Å². The lowest BCUT2D eigenvalue weighted by molar-refractivity contribution is 0.0948. The Hall–Kier alpha value is -2.51. The molecule has 4 nitrogen and oxygen atoms in total. The van der Waals surface area contributed by atoms with Crippen LogP contribution in [0.3, 0.4) is 0 Å². The Morgan fingerprint density at radius 1 is 1.29 bits per heavy atom. The van der Waals surface area contributed by atoms with Gasteiger partial charge < -0.3 is 14.8 Å². The first-order chi connectivity index (χ1) is 9.94. The molecule has 1 heterocycles. The van der Waals surface area contributed by atoms with E-state index in [4.69, 9.17) is 4.42 Å². The van der Waals surface area contributed by atoms with Crippen LogP contribution in [0.15, 0.2) is 47.1 Å². The Morgan fingerprint density at radius 3 is 2.57 bits per heavy atom. The summed E-state index contributed by atoms with van der Waals surface area (Å²) in [5.41, 5.74) is 0.272. The normalized spacial score (nSPS) is 10.6. The first-order valence-corrected chi connectivity index (χ1v) is 6.60. The number of hydrogen-bond donors (Lipinski definition) is 2. The van der Waals surface area contributed by atoms with Gasteiger partial charge in [-0.1, -0.05) is 11.8 Å². The summed E-state index contributed by atoms with van der Waals surface area (Å²) in [6, 6.07) is 10.5. The third kappa shape index (κ3) is 4.83. The summed E-state index contributed by atoms with van der Waals surface area (Å²) in [6.45, 7) is 3.60. The van der Waals surface area contributed by atoms with Crippen molar-refractivity contribution in [3.05, 3.63) is 59.5 Å². The van der Waals surface area contributed by atoms with Crippen LogP contribution in [-0.4, -0.2) is 16.6 Å². The van der Waals surface area contributed by atoms with Gasteiger partial charge in [-0.3, -0.25) is 4.79 Å². The number of aliphatic hydroxyl groups is 1. The van der Waals surface area contributed by atoms with Crippen molar-refractivity contribution in [1.29, 1.82) is 0 Å². The van der Waals surface area contributed by atoms with E-state index in [9.17, 15) is 9.90 Å². The molecule has 0 atom stereocenters. The second kappa shape index (κ2) is 6.29. The van der Waals surface area contributed by atoms with E-state index >= 15 is 0 Å². The molecule has 2 rings (SSSR count). The molecule has 1 aromatic carbocycles. The molecule has 0 aliphatic rings. The number of carbonyl (C=O) groups excluding carboxylic acids is 1. The highest BCUT2D eigenvalue weighted by Crippen LogP contribution is 2.06. The van der Waals surface area contributed by atoms with Gasteiger partial charge in [-0.05, 0) is 50.2 Å². The minimum absolute atomic E-state index is 0.173. The minimum Gasteiger partial charge on any atom is -0.467 e. The molecule has 0 spiro atoms. The number of benzene rings is 1. The smallest absolute Gasteiger partial charge is 0.251 e. The van der Waals surface area contributed by atoms with Gasteiger partial charge in [0.15, 0.2) is 0 Å². The van der Waals surface area contributed by atoms with Crippen LogP contribution in [0.5, 0.6) is 0 Å². The highest BCUT2D eigenvalue weighted by Gasteiger charge is 2.07. The summed E-state index contributed by atoms with van der Waals surface area (Å²) in [5, 5.41) is 12.3. The van der Waals surface area contributed by atoms with Crippen LogP contribution in [0.1, 0.15) is 35.5 Å². The molecule has 0 aliphatic heterocycles. The van der Waals surface area contributed by atoms with Crippen molar-refractivity contribution in [3.63, 3.8) is 0 Å². The number of rotatable bonds is 3. The minimum atomic E-state index is -1.03. The molecule has 0 fully saturated rings. The number of nitrogens with one attached hydrogen (secondary N) is 1. The Morgan fingerprint density at radius 2 is 2.00 bits per heavy atom. The van der Waals surface area contributed by atoms with Gasteiger partial charge in [0.25, 0.3) is 5.91 Å². The van der Waals surface area contributed by atoms with E-state index in [1.54, 1.807) is 56.5 Å². The van der Waals surface area contributed by atoms with Crippen LogP contribution < -0.4 is 5.32 Å². The van der Waals surface area contributed by atoms with Crippen LogP contribution in [0.4, 0.5) is 0 Å². The largest absolute Gasteiger partial charge is 0.467 e. The summed E-state index contributed by atoms with van der Waals surface area (Å²) >= 11 is 0. The Kier molecular flexibility index (Phi) is 4.46. The molecule has 21 heavy (non-hydrogen) atoms. The fourth-order valence-electron chi connectivity index (χ4n) is 1.61. The fourth-order valence-corrected chi connectivity index (χ4v) is 1.61. The second-order valence-electron chi connectivity index (χ2n) is 5.15. The third-order valence-electron chi connectivity index (χ3n) is 2.66. The summed E-state index contributed by atoms with van der Waals surface area (Å²) in [5.74, 6) is 6.11. The molecule has 0 saturated carbocycles. The summed E-state index contributed by atoms with van der Waals surface area (Å²) in [7, 11) is 0. The van der Waals surface area contributed by atoms with E-state index in [0.29, 0.717) is 17.9 Å². The zero-order valence-electron chi connectivity index (χ0n) is 12.0. The van der Waals surface area contributed by atoms with E-state index in [0.717, 1.165) is 5.56 Å². The molecule has 0 radical (unpaired) electrons. The molecule has 0 saturated heterocycles. The average Bonchev–Trinajstić information content (AvgIpc) is 2.95. The van der Waals surface area contributed by atoms with Gasteiger partial charge in [0.2, 0.25) is 0 Å². The average molecular weight is 283 g/mol. The molecule has 1 amide bonds. The topological polar surface area (TPSA) is 62.5 Å². The zero-order valence-corrected chi connectivity index (χ0v) is 12.0. The van der Waals surface area contributed by atoms with Gasteiger partial charge >= 0.3 is 0 Å². The van der Waals surface area contributed by atoms with E-state index < -0.39 is 5.60 Å². The van der Waals surface area contributed by atoms with Crippen LogP contribution in [-0.2, 0) is 6.54 Å².